The van der Waals surface area contributed by atoms with Crippen molar-refractivity contribution < 1.29 is 13.2 Å². The molecule has 0 saturated heterocycles. The third kappa shape index (κ3) is 4.01. The van der Waals surface area contributed by atoms with Gasteiger partial charge in [-0.1, -0.05) is 66.7 Å². The van der Waals surface area contributed by atoms with E-state index in [1.54, 1.807) is 42.5 Å². The molecule has 0 bridgehead atoms. The first kappa shape index (κ1) is 19.6. The average Bonchev–Trinajstić information content (AvgIpc) is 3.15. The highest BCUT2D eigenvalue weighted by molar-refractivity contribution is 7.90. The fraction of sp³-hybridized carbons (Fsp3) is 0.0435. The first-order valence-corrected chi connectivity index (χ1v) is 10.8. The lowest BCUT2D eigenvalue weighted by atomic mass is 10.1. The summed E-state index contributed by atoms with van der Waals surface area (Å²) in [6, 6.07) is 24.8. The molecule has 0 spiro atoms. The number of nitrogens with zero attached hydrogens (tertiary/aromatic N) is 2. The number of amides is 1. The number of nitrogens with one attached hydrogen (secondary N) is 1. The fourth-order valence-corrected chi connectivity index (χ4v) is 4.58. The van der Waals surface area contributed by atoms with E-state index in [1.165, 1.54) is 16.4 Å². The Bertz CT molecular complexity index is 1310. The maximum absolute atomic E-state index is 13.1. The molecule has 150 valence electrons. The summed E-state index contributed by atoms with van der Waals surface area (Å²) >= 11 is 0. The van der Waals surface area contributed by atoms with Gasteiger partial charge in [0.15, 0.2) is 0 Å². The number of hydrazone groups is 1. The molecule has 0 aliphatic heterocycles. The van der Waals surface area contributed by atoms with Crippen LogP contribution in [0.2, 0.25) is 0 Å². The van der Waals surface area contributed by atoms with E-state index in [0.29, 0.717) is 11.1 Å². The molecule has 0 atom stereocenters. The van der Waals surface area contributed by atoms with Crippen LogP contribution < -0.4 is 5.43 Å². The molecule has 0 radical (unpaired) electrons. The van der Waals surface area contributed by atoms with Crippen LogP contribution in [0.5, 0.6) is 0 Å². The molecule has 0 unspecified atom stereocenters. The van der Waals surface area contributed by atoms with Crippen LogP contribution in [0.15, 0.2) is 101 Å². The zero-order valence-corrected chi connectivity index (χ0v) is 16.8. The third-order valence-corrected chi connectivity index (χ3v) is 6.30. The first-order valence-electron chi connectivity index (χ1n) is 9.32. The summed E-state index contributed by atoms with van der Waals surface area (Å²) < 4.78 is 27.4. The van der Waals surface area contributed by atoms with E-state index in [4.69, 9.17) is 0 Å². The highest BCUT2D eigenvalue weighted by atomic mass is 32.2. The highest BCUT2D eigenvalue weighted by Gasteiger charge is 2.20. The molecule has 1 amide bonds. The SMILES string of the molecule is O=C(Cc1ccccc1)N/N=C\c1cn(S(=O)(=O)c2ccccc2)c2ccccc12. The molecule has 0 saturated carbocycles. The van der Waals surface area contributed by atoms with Gasteiger partial charge in [0.25, 0.3) is 10.0 Å². The topological polar surface area (TPSA) is 80.5 Å². The van der Waals surface area contributed by atoms with E-state index in [-0.39, 0.29) is 17.2 Å². The molecule has 3 aromatic carbocycles. The largest absolute Gasteiger partial charge is 0.273 e. The van der Waals surface area contributed by atoms with Crippen molar-refractivity contribution in [2.24, 2.45) is 5.10 Å². The molecule has 1 N–H and O–H groups in total. The van der Waals surface area contributed by atoms with Crippen molar-refractivity contribution in [1.29, 1.82) is 0 Å². The van der Waals surface area contributed by atoms with Crippen LogP contribution >= 0.6 is 0 Å². The first-order chi connectivity index (χ1) is 14.6. The van der Waals surface area contributed by atoms with Crippen LogP contribution in [0.1, 0.15) is 11.1 Å². The van der Waals surface area contributed by atoms with Gasteiger partial charge in [0.05, 0.1) is 23.0 Å². The number of hydrogen-bond donors (Lipinski definition) is 1. The Morgan fingerprint density at radius 2 is 1.53 bits per heavy atom. The number of carbonyl (C=O) groups excluding carboxylic acids is 1. The van der Waals surface area contributed by atoms with Crippen LogP contribution in [0, 0.1) is 0 Å². The van der Waals surface area contributed by atoms with Gasteiger partial charge in [0.1, 0.15) is 0 Å². The number of fused-ring (bicyclic) bond motifs is 1. The molecule has 6 nitrogen and oxygen atoms in total. The van der Waals surface area contributed by atoms with Gasteiger partial charge in [0.2, 0.25) is 5.91 Å². The number of para-hydroxylation sites is 1. The molecule has 7 heteroatoms. The van der Waals surface area contributed by atoms with E-state index in [1.807, 2.05) is 42.5 Å². The Morgan fingerprint density at radius 1 is 0.900 bits per heavy atom. The van der Waals surface area contributed by atoms with E-state index < -0.39 is 10.0 Å². The minimum Gasteiger partial charge on any atom is -0.273 e. The second-order valence-corrected chi connectivity index (χ2v) is 8.49. The lowest BCUT2D eigenvalue weighted by Gasteiger charge is -2.07. The Morgan fingerprint density at radius 3 is 2.27 bits per heavy atom. The lowest BCUT2D eigenvalue weighted by molar-refractivity contribution is -0.120. The molecular weight excluding hydrogens is 398 g/mol. The smallest absolute Gasteiger partial charge is 0.268 e. The Hall–Kier alpha value is -3.71. The maximum Gasteiger partial charge on any atom is 0.268 e. The lowest BCUT2D eigenvalue weighted by Crippen LogP contribution is -2.19. The van der Waals surface area contributed by atoms with Gasteiger partial charge in [-0.05, 0) is 23.8 Å². The maximum atomic E-state index is 13.1. The number of aromatic nitrogens is 1. The molecule has 4 aromatic rings. The van der Waals surface area contributed by atoms with Gasteiger partial charge in [-0.2, -0.15) is 5.10 Å². The normalized spacial score (nSPS) is 11.7. The highest BCUT2D eigenvalue weighted by Crippen LogP contribution is 2.25. The standard InChI is InChI=1S/C23H19N3O3S/c27-23(15-18-9-3-1-4-10-18)25-24-16-19-17-26(22-14-8-7-13-21(19)22)30(28,29)20-11-5-2-6-12-20/h1-14,16-17H,15H2,(H,25,27)/b24-16-. The summed E-state index contributed by atoms with van der Waals surface area (Å²) in [4.78, 5) is 12.3. The summed E-state index contributed by atoms with van der Waals surface area (Å²) in [6.45, 7) is 0. The molecule has 1 aromatic heterocycles. The van der Waals surface area contributed by atoms with Gasteiger partial charge in [-0.15, -0.1) is 0 Å². The second-order valence-electron chi connectivity index (χ2n) is 6.67. The molecule has 1 heterocycles. The van der Waals surface area contributed by atoms with Crippen molar-refractivity contribution in [1.82, 2.24) is 9.40 Å². The van der Waals surface area contributed by atoms with Crippen molar-refractivity contribution >= 4 is 33.0 Å². The minimum atomic E-state index is -3.76. The quantitative estimate of drug-likeness (QED) is 0.385. The minimum absolute atomic E-state index is 0.199. The van der Waals surface area contributed by atoms with Crippen LogP contribution in [0.4, 0.5) is 0 Å². The van der Waals surface area contributed by atoms with E-state index in [2.05, 4.69) is 10.5 Å². The van der Waals surface area contributed by atoms with Gasteiger partial charge in [-0.25, -0.2) is 17.8 Å². The van der Waals surface area contributed by atoms with Gasteiger partial charge in [-0.3, -0.25) is 4.79 Å². The molecular formula is C23H19N3O3S. The summed E-state index contributed by atoms with van der Waals surface area (Å²) in [5.41, 5.74) is 4.51. The van der Waals surface area contributed by atoms with E-state index >= 15 is 0 Å². The number of rotatable bonds is 6. The van der Waals surface area contributed by atoms with Crippen molar-refractivity contribution in [2.45, 2.75) is 11.3 Å². The Kier molecular flexibility index (Phi) is 5.45. The zero-order chi connectivity index (χ0) is 21.0. The van der Waals surface area contributed by atoms with Crippen LogP contribution in [0.3, 0.4) is 0 Å². The van der Waals surface area contributed by atoms with Crippen molar-refractivity contribution in [2.75, 3.05) is 0 Å². The third-order valence-electron chi connectivity index (χ3n) is 4.61. The van der Waals surface area contributed by atoms with Crippen molar-refractivity contribution in [3.05, 3.63) is 102 Å². The Balaban J connectivity index is 1.61. The number of benzene rings is 3. The van der Waals surface area contributed by atoms with Crippen molar-refractivity contribution in [3.63, 3.8) is 0 Å². The molecule has 30 heavy (non-hydrogen) atoms. The monoisotopic (exact) mass is 417 g/mol. The predicted octanol–water partition coefficient (Wildman–Crippen LogP) is 3.57. The molecule has 4 rings (SSSR count). The van der Waals surface area contributed by atoms with E-state index in [0.717, 1.165) is 10.9 Å². The van der Waals surface area contributed by atoms with Crippen LogP contribution in [0.25, 0.3) is 10.9 Å². The Labute approximate surface area is 174 Å². The molecule has 0 aliphatic carbocycles. The average molecular weight is 417 g/mol. The van der Waals surface area contributed by atoms with Crippen LogP contribution in [-0.2, 0) is 21.2 Å². The molecule has 0 fully saturated rings. The summed E-state index contributed by atoms with van der Waals surface area (Å²) in [6.07, 6.45) is 3.18. The van der Waals surface area contributed by atoms with Crippen molar-refractivity contribution in [3.8, 4) is 0 Å². The number of carbonyl (C=O) groups is 1. The van der Waals surface area contributed by atoms with Gasteiger partial charge >= 0.3 is 0 Å². The van der Waals surface area contributed by atoms with E-state index in [9.17, 15) is 13.2 Å². The van der Waals surface area contributed by atoms with Gasteiger partial charge < -0.3 is 0 Å². The molecule has 0 aliphatic rings. The summed E-state index contributed by atoms with van der Waals surface area (Å²) in [5, 5.41) is 4.74. The zero-order valence-electron chi connectivity index (χ0n) is 16.0. The van der Waals surface area contributed by atoms with Crippen LogP contribution in [-0.4, -0.2) is 24.5 Å². The second kappa shape index (κ2) is 8.34. The fourth-order valence-electron chi connectivity index (χ4n) is 3.18. The summed E-state index contributed by atoms with van der Waals surface area (Å²) in [7, 11) is -3.76. The number of hydrogen-bond acceptors (Lipinski definition) is 4. The van der Waals surface area contributed by atoms with Gasteiger partial charge in [0, 0.05) is 17.1 Å². The predicted molar refractivity (Wildman–Crippen MR) is 117 cm³/mol. The summed E-state index contributed by atoms with van der Waals surface area (Å²) in [5.74, 6) is -0.252.